The molecular weight excluding hydrogens is 380 g/mol. The van der Waals surface area contributed by atoms with E-state index in [9.17, 15) is 9.59 Å². The van der Waals surface area contributed by atoms with E-state index < -0.39 is 0 Å². The quantitative estimate of drug-likeness (QED) is 0.389. The topological polar surface area (TPSA) is 34.1 Å². The summed E-state index contributed by atoms with van der Waals surface area (Å²) in [6.45, 7) is 0. The number of rotatable bonds is 0. The molecule has 0 aromatic carbocycles. The van der Waals surface area contributed by atoms with E-state index >= 15 is 0 Å². The Bertz CT molecular complexity index is 852. The van der Waals surface area contributed by atoms with Crippen LogP contribution in [0.3, 0.4) is 0 Å². The third-order valence-corrected chi connectivity index (χ3v) is 8.67. The fourth-order valence-electron chi connectivity index (χ4n) is 6.98. The van der Waals surface area contributed by atoms with E-state index in [1.165, 1.54) is 70.6 Å². The van der Waals surface area contributed by atoms with Crippen molar-refractivity contribution in [1.82, 2.24) is 0 Å². The number of carbonyl (C=O) groups excluding carboxylic acids is 2. The molecule has 0 aromatic heterocycles. The lowest BCUT2D eigenvalue weighted by molar-refractivity contribution is -0.117. The molecule has 5 rings (SSSR count). The zero-order valence-corrected chi connectivity index (χ0v) is 19.0. The molecular formula is C29H38O2. The summed E-state index contributed by atoms with van der Waals surface area (Å²) in [6.07, 6.45) is 26.9. The van der Waals surface area contributed by atoms with Crippen LogP contribution in [0.15, 0.2) is 46.6 Å². The van der Waals surface area contributed by atoms with Crippen molar-refractivity contribution in [2.24, 2.45) is 23.7 Å². The average Bonchev–Trinajstić information content (AvgIpc) is 2.86. The highest BCUT2D eigenvalue weighted by Gasteiger charge is 2.42. The van der Waals surface area contributed by atoms with Gasteiger partial charge in [-0.05, 0) is 55.8 Å². The van der Waals surface area contributed by atoms with Gasteiger partial charge in [0.1, 0.15) is 0 Å². The Balaban J connectivity index is 1.51. The molecule has 0 spiro atoms. The maximum absolute atomic E-state index is 14.0. The van der Waals surface area contributed by atoms with Gasteiger partial charge in [-0.2, -0.15) is 0 Å². The van der Waals surface area contributed by atoms with Gasteiger partial charge in [-0.25, -0.2) is 0 Å². The van der Waals surface area contributed by atoms with Crippen molar-refractivity contribution in [3.63, 3.8) is 0 Å². The summed E-state index contributed by atoms with van der Waals surface area (Å²) in [4.78, 5) is 27.9. The second-order valence-corrected chi connectivity index (χ2v) is 10.7. The summed E-state index contributed by atoms with van der Waals surface area (Å²) in [5, 5.41) is 0. The van der Waals surface area contributed by atoms with E-state index in [0.29, 0.717) is 11.8 Å². The molecule has 4 unspecified atom stereocenters. The van der Waals surface area contributed by atoms with Crippen molar-refractivity contribution in [2.45, 2.75) is 96.3 Å². The number of hydrogen-bond donors (Lipinski definition) is 0. The minimum Gasteiger partial charge on any atom is -0.289 e. The van der Waals surface area contributed by atoms with E-state index in [-0.39, 0.29) is 23.4 Å². The molecule has 166 valence electrons. The first-order chi connectivity index (χ1) is 15.2. The number of Topliss-reactive ketones (excluding diaryl/α,β-unsaturated/α-hetero) is 2. The van der Waals surface area contributed by atoms with E-state index in [1.54, 1.807) is 0 Å². The van der Waals surface area contributed by atoms with Crippen LogP contribution < -0.4 is 0 Å². The second kappa shape index (κ2) is 9.43. The summed E-state index contributed by atoms with van der Waals surface area (Å²) < 4.78 is 0. The predicted octanol–water partition coefficient (Wildman–Crippen LogP) is 7.21. The highest BCUT2D eigenvalue weighted by Crippen LogP contribution is 2.46. The standard InChI is InChI=1S/C29H38O2/c30-28-25-18-16-21-12-8-4-2-6-10-14-23(21)27(25)29(31)24-17-15-20-11-7-3-1-5-9-13-22(19-20)26(24)28/h15-18,20-23H,1-14,19H2. The molecule has 2 saturated carbocycles. The summed E-state index contributed by atoms with van der Waals surface area (Å²) in [5.41, 5.74) is 3.27. The molecule has 2 bridgehead atoms. The zero-order valence-electron chi connectivity index (χ0n) is 19.0. The molecule has 4 atom stereocenters. The summed E-state index contributed by atoms with van der Waals surface area (Å²) in [6, 6.07) is 0. The lowest BCUT2D eigenvalue weighted by atomic mass is 9.67. The molecule has 0 amide bonds. The van der Waals surface area contributed by atoms with Gasteiger partial charge in [0.2, 0.25) is 0 Å². The normalized spacial score (nSPS) is 34.7. The summed E-state index contributed by atoms with van der Waals surface area (Å²) >= 11 is 0. The summed E-state index contributed by atoms with van der Waals surface area (Å²) in [5.74, 6) is 1.83. The van der Waals surface area contributed by atoms with Crippen molar-refractivity contribution in [1.29, 1.82) is 0 Å². The maximum atomic E-state index is 14.0. The number of ketones is 2. The van der Waals surface area contributed by atoms with Crippen molar-refractivity contribution in [3.05, 3.63) is 46.6 Å². The van der Waals surface area contributed by atoms with Gasteiger partial charge >= 0.3 is 0 Å². The second-order valence-electron chi connectivity index (χ2n) is 10.7. The van der Waals surface area contributed by atoms with E-state index in [0.717, 1.165) is 48.0 Å². The Morgan fingerprint density at radius 1 is 0.581 bits per heavy atom. The molecule has 0 aliphatic heterocycles. The van der Waals surface area contributed by atoms with Gasteiger partial charge in [-0.1, -0.05) is 88.5 Å². The largest absolute Gasteiger partial charge is 0.289 e. The number of hydrogen-bond acceptors (Lipinski definition) is 2. The zero-order chi connectivity index (χ0) is 21.2. The van der Waals surface area contributed by atoms with Gasteiger partial charge in [0.25, 0.3) is 0 Å². The predicted molar refractivity (Wildman–Crippen MR) is 126 cm³/mol. The third-order valence-electron chi connectivity index (χ3n) is 8.67. The Morgan fingerprint density at radius 2 is 1.16 bits per heavy atom. The minimum atomic E-state index is 0.187. The molecule has 0 saturated heterocycles. The molecule has 0 radical (unpaired) electrons. The third kappa shape index (κ3) is 4.20. The molecule has 2 nitrogen and oxygen atoms in total. The summed E-state index contributed by atoms with van der Waals surface area (Å²) in [7, 11) is 0. The molecule has 2 fully saturated rings. The van der Waals surface area contributed by atoms with Crippen molar-refractivity contribution in [2.75, 3.05) is 0 Å². The Labute approximate surface area is 187 Å². The van der Waals surface area contributed by atoms with Gasteiger partial charge in [-0.3, -0.25) is 9.59 Å². The van der Waals surface area contributed by atoms with Crippen molar-refractivity contribution < 1.29 is 9.59 Å². The van der Waals surface area contributed by atoms with Crippen LogP contribution in [0, 0.1) is 23.7 Å². The number of fused-ring (bicyclic) bond motifs is 5. The van der Waals surface area contributed by atoms with Gasteiger partial charge < -0.3 is 0 Å². The molecule has 0 heterocycles. The van der Waals surface area contributed by atoms with Gasteiger partial charge in [-0.15, -0.1) is 0 Å². The fraction of sp³-hybridized carbons (Fsp3) is 0.655. The van der Waals surface area contributed by atoms with Crippen LogP contribution >= 0.6 is 0 Å². The van der Waals surface area contributed by atoms with Crippen LogP contribution in [0.25, 0.3) is 0 Å². The van der Waals surface area contributed by atoms with Gasteiger partial charge in [0, 0.05) is 22.3 Å². The van der Waals surface area contributed by atoms with Crippen LogP contribution in [0.2, 0.25) is 0 Å². The van der Waals surface area contributed by atoms with Crippen LogP contribution in [-0.2, 0) is 9.59 Å². The van der Waals surface area contributed by atoms with E-state index in [2.05, 4.69) is 18.2 Å². The molecule has 0 aromatic rings. The molecule has 5 aliphatic rings. The SMILES string of the molecule is O=C1C2=C(C(=O)C3=C1C1CCCCCCCC(C=C3)C1)C1CCCCCCCC1C=C2. The Morgan fingerprint density at radius 3 is 1.97 bits per heavy atom. The molecule has 0 N–H and O–H groups in total. The van der Waals surface area contributed by atoms with Crippen LogP contribution in [0.1, 0.15) is 96.3 Å². The number of carbonyl (C=O) groups is 2. The number of allylic oxidation sites excluding steroid dienone is 8. The Hall–Kier alpha value is -1.70. The first-order valence-corrected chi connectivity index (χ1v) is 13.2. The highest BCUT2D eigenvalue weighted by molar-refractivity contribution is 6.28. The van der Waals surface area contributed by atoms with Crippen LogP contribution in [0.5, 0.6) is 0 Å². The molecule has 2 heteroatoms. The fourth-order valence-corrected chi connectivity index (χ4v) is 6.98. The van der Waals surface area contributed by atoms with Crippen LogP contribution in [-0.4, -0.2) is 11.6 Å². The minimum absolute atomic E-state index is 0.187. The smallest absolute Gasteiger partial charge is 0.190 e. The molecule has 5 aliphatic carbocycles. The van der Waals surface area contributed by atoms with E-state index in [1.807, 2.05) is 6.08 Å². The maximum Gasteiger partial charge on any atom is 0.190 e. The average molecular weight is 419 g/mol. The first-order valence-electron chi connectivity index (χ1n) is 13.2. The monoisotopic (exact) mass is 418 g/mol. The van der Waals surface area contributed by atoms with Crippen LogP contribution in [0.4, 0.5) is 0 Å². The Kier molecular flexibility index (Phi) is 6.44. The van der Waals surface area contributed by atoms with Gasteiger partial charge in [0.05, 0.1) is 0 Å². The van der Waals surface area contributed by atoms with Gasteiger partial charge in [0.15, 0.2) is 11.6 Å². The highest BCUT2D eigenvalue weighted by atomic mass is 16.1. The van der Waals surface area contributed by atoms with Crippen molar-refractivity contribution >= 4 is 11.6 Å². The van der Waals surface area contributed by atoms with Crippen molar-refractivity contribution in [3.8, 4) is 0 Å². The molecule has 31 heavy (non-hydrogen) atoms. The van der Waals surface area contributed by atoms with E-state index in [4.69, 9.17) is 0 Å². The first kappa shape index (κ1) is 21.2. The lowest BCUT2D eigenvalue weighted by Crippen LogP contribution is -2.33. The lowest BCUT2D eigenvalue weighted by Gasteiger charge is -2.35.